The van der Waals surface area contributed by atoms with Crippen molar-refractivity contribution in [3.8, 4) is 0 Å². The summed E-state index contributed by atoms with van der Waals surface area (Å²) in [5.41, 5.74) is 8.39. The fourth-order valence-electron chi connectivity index (χ4n) is 2.85. The fraction of sp³-hybridized carbons (Fsp3) is 0.600. The van der Waals surface area contributed by atoms with Crippen LogP contribution < -0.4 is 10.6 Å². The second-order valence-corrected chi connectivity index (χ2v) is 5.36. The molecule has 0 heterocycles. The molecule has 1 aromatic rings. The molecule has 0 saturated heterocycles. The van der Waals surface area contributed by atoms with E-state index in [0.717, 1.165) is 5.92 Å². The number of hydrogen-bond donors (Lipinski definition) is 1. The van der Waals surface area contributed by atoms with Crippen molar-refractivity contribution < 1.29 is 0 Å². The van der Waals surface area contributed by atoms with Crippen LogP contribution in [0.2, 0.25) is 0 Å². The quantitative estimate of drug-likeness (QED) is 0.867. The van der Waals surface area contributed by atoms with Crippen molar-refractivity contribution in [1.82, 2.24) is 0 Å². The Kier molecular flexibility index (Phi) is 4.06. The van der Waals surface area contributed by atoms with Gasteiger partial charge in [-0.15, -0.1) is 0 Å². The van der Waals surface area contributed by atoms with E-state index in [4.69, 9.17) is 5.73 Å². The molecule has 1 aliphatic rings. The van der Waals surface area contributed by atoms with E-state index in [9.17, 15) is 0 Å². The summed E-state index contributed by atoms with van der Waals surface area (Å²) in [4.78, 5) is 2.44. The Bertz CT molecular complexity index is 354. The Balaban J connectivity index is 2.10. The third kappa shape index (κ3) is 2.81. The minimum absolute atomic E-state index is 0.629. The normalized spacial score (nSPS) is 24.6. The Morgan fingerprint density at radius 2 is 1.82 bits per heavy atom. The van der Waals surface area contributed by atoms with Gasteiger partial charge >= 0.3 is 0 Å². The summed E-state index contributed by atoms with van der Waals surface area (Å²) in [6.45, 7) is 2.99. The van der Waals surface area contributed by atoms with Crippen LogP contribution in [-0.4, -0.2) is 13.1 Å². The van der Waals surface area contributed by atoms with Gasteiger partial charge in [-0.25, -0.2) is 0 Å². The first-order valence-electron chi connectivity index (χ1n) is 6.73. The van der Waals surface area contributed by atoms with Gasteiger partial charge in [0.1, 0.15) is 0 Å². The summed E-state index contributed by atoms with van der Waals surface area (Å²) < 4.78 is 0. The van der Waals surface area contributed by atoms with Gasteiger partial charge in [-0.2, -0.15) is 0 Å². The van der Waals surface area contributed by atoms with E-state index in [1.807, 2.05) is 0 Å². The highest BCUT2D eigenvalue weighted by molar-refractivity contribution is 5.53. The van der Waals surface area contributed by atoms with Gasteiger partial charge in [0, 0.05) is 25.3 Å². The maximum atomic E-state index is 5.81. The summed E-state index contributed by atoms with van der Waals surface area (Å²) >= 11 is 0. The van der Waals surface area contributed by atoms with Gasteiger partial charge in [-0.05, 0) is 43.2 Å². The van der Waals surface area contributed by atoms with Crippen LogP contribution in [0.15, 0.2) is 24.3 Å². The van der Waals surface area contributed by atoms with Crippen LogP contribution in [0.3, 0.4) is 0 Å². The summed E-state index contributed by atoms with van der Waals surface area (Å²) in [5.74, 6) is 0.907. The molecule has 0 amide bonds. The third-order valence-corrected chi connectivity index (χ3v) is 4.12. The lowest BCUT2D eigenvalue weighted by atomic mass is 9.86. The molecule has 2 rings (SSSR count). The molecule has 1 aromatic carbocycles. The molecule has 0 atom stereocenters. The van der Waals surface area contributed by atoms with Crippen LogP contribution in [0.5, 0.6) is 0 Å². The van der Waals surface area contributed by atoms with Gasteiger partial charge in [-0.1, -0.05) is 25.1 Å². The molecule has 1 fully saturated rings. The Labute approximate surface area is 105 Å². The molecule has 94 valence electrons. The van der Waals surface area contributed by atoms with Gasteiger partial charge in [0.05, 0.1) is 0 Å². The van der Waals surface area contributed by atoms with Crippen molar-refractivity contribution in [3.63, 3.8) is 0 Å². The summed E-state index contributed by atoms with van der Waals surface area (Å²) in [6.07, 6.45) is 5.35. The number of benzene rings is 1. The van der Waals surface area contributed by atoms with Crippen molar-refractivity contribution in [1.29, 1.82) is 0 Å². The maximum absolute atomic E-state index is 5.81. The molecule has 0 spiro atoms. The highest BCUT2D eigenvalue weighted by Crippen LogP contribution is 2.30. The van der Waals surface area contributed by atoms with Crippen LogP contribution in [0.25, 0.3) is 0 Å². The first-order chi connectivity index (χ1) is 8.22. The average Bonchev–Trinajstić information content (AvgIpc) is 2.39. The summed E-state index contributed by atoms with van der Waals surface area (Å²) in [5, 5.41) is 0. The SMILES string of the molecule is CC1CCC(N(C)c2ccccc2CN)CC1. The lowest BCUT2D eigenvalue weighted by molar-refractivity contribution is 0.340. The van der Waals surface area contributed by atoms with E-state index in [1.54, 1.807) is 0 Å². The van der Waals surface area contributed by atoms with E-state index in [0.29, 0.717) is 12.6 Å². The summed E-state index contributed by atoms with van der Waals surface area (Å²) in [6, 6.07) is 9.20. The fourth-order valence-corrected chi connectivity index (χ4v) is 2.85. The van der Waals surface area contributed by atoms with Crippen LogP contribution in [-0.2, 0) is 6.54 Å². The zero-order valence-electron chi connectivity index (χ0n) is 11.0. The molecule has 0 radical (unpaired) electrons. The molecule has 17 heavy (non-hydrogen) atoms. The number of nitrogens with zero attached hydrogens (tertiary/aromatic N) is 1. The van der Waals surface area contributed by atoms with Gasteiger partial charge < -0.3 is 10.6 Å². The molecule has 2 heteroatoms. The molecular weight excluding hydrogens is 208 g/mol. The monoisotopic (exact) mass is 232 g/mol. The van der Waals surface area contributed by atoms with Crippen LogP contribution >= 0.6 is 0 Å². The van der Waals surface area contributed by atoms with Crippen molar-refractivity contribution in [2.75, 3.05) is 11.9 Å². The van der Waals surface area contributed by atoms with Crippen LogP contribution in [0.1, 0.15) is 38.2 Å². The van der Waals surface area contributed by atoms with E-state index in [-0.39, 0.29) is 0 Å². The number of nitrogens with two attached hydrogens (primary N) is 1. The van der Waals surface area contributed by atoms with Gasteiger partial charge in [0.25, 0.3) is 0 Å². The molecule has 0 unspecified atom stereocenters. The van der Waals surface area contributed by atoms with Crippen molar-refractivity contribution in [2.24, 2.45) is 11.7 Å². The van der Waals surface area contributed by atoms with Crippen molar-refractivity contribution >= 4 is 5.69 Å². The molecule has 2 N–H and O–H groups in total. The Hall–Kier alpha value is -1.02. The first kappa shape index (κ1) is 12.4. The highest BCUT2D eigenvalue weighted by atomic mass is 15.1. The average molecular weight is 232 g/mol. The minimum atomic E-state index is 0.629. The minimum Gasteiger partial charge on any atom is -0.371 e. The van der Waals surface area contributed by atoms with E-state index in [1.165, 1.54) is 36.9 Å². The topological polar surface area (TPSA) is 29.3 Å². The number of anilines is 1. The van der Waals surface area contributed by atoms with Crippen LogP contribution in [0.4, 0.5) is 5.69 Å². The van der Waals surface area contributed by atoms with Gasteiger partial charge in [-0.3, -0.25) is 0 Å². The Morgan fingerprint density at radius 3 is 2.47 bits per heavy atom. The highest BCUT2D eigenvalue weighted by Gasteiger charge is 2.22. The molecule has 0 bridgehead atoms. The standard InChI is InChI=1S/C15H24N2/c1-12-7-9-14(10-8-12)17(2)15-6-4-3-5-13(15)11-16/h3-6,12,14H,7-11,16H2,1-2H3. The largest absolute Gasteiger partial charge is 0.371 e. The molecular formula is C15H24N2. The second-order valence-electron chi connectivity index (χ2n) is 5.36. The zero-order chi connectivity index (χ0) is 12.3. The molecule has 1 saturated carbocycles. The van der Waals surface area contributed by atoms with E-state index in [2.05, 4.69) is 43.1 Å². The third-order valence-electron chi connectivity index (χ3n) is 4.12. The second kappa shape index (κ2) is 5.54. The van der Waals surface area contributed by atoms with Gasteiger partial charge in [0.15, 0.2) is 0 Å². The smallest absolute Gasteiger partial charge is 0.0411 e. The number of para-hydroxylation sites is 1. The lowest BCUT2D eigenvalue weighted by Crippen LogP contribution is -2.35. The summed E-state index contributed by atoms with van der Waals surface area (Å²) in [7, 11) is 2.22. The van der Waals surface area contributed by atoms with Crippen LogP contribution in [0, 0.1) is 5.92 Å². The predicted molar refractivity (Wildman–Crippen MR) is 74.2 cm³/mol. The maximum Gasteiger partial charge on any atom is 0.0411 e. The van der Waals surface area contributed by atoms with E-state index < -0.39 is 0 Å². The number of hydrogen-bond acceptors (Lipinski definition) is 2. The van der Waals surface area contributed by atoms with Crippen molar-refractivity contribution in [3.05, 3.63) is 29.8 Å². The van der Waals surface area contributed by atoms with Gasteiger partial charge in [0.2, 0.25) is 0 Å². The first-order valence-corrected chi connectivity index (χ1v) is 6.73. The number of rotatable bonds is 3. The zero-order valence-corrected chi connectivity index (χ0v) is 11.0. The lowest BCUT2D eigenvalue weighted by Gasteiger charge is -2.36. The van der Waals surface area contributed by atoms with Crippen molar-refractivity contribution in [2.45, 2.75) is 45.2 Å². The Morgan fingerprint density at radius 1 is 1.18 bits per heavy atom. The predicted octanol–water partition coefficient (Wildman–Crippen LogP) is 3.16. The molecule has 2 nitrogen and oxygen atoms in total. The van der Waals surface area contributed by atoms with E-state index >= 15 is 0 Å². The molecule has 0 aliphatic heterocycles. The molecule has 0 aromatic heterocycles. The molecule has 1 aliphatic carbocycles.